The Hall–Kier alpha value is -1.34. The van der Waals surface area contributed by atoms with E-state index in [1.54, 1.807) is 6.92 Å². The molecule has 0 heterocycles. The van der Waals surface area contributed by atoms with Crippen LogP contribution in [0.1, 0.15) is 13.3 Å². The molecule has 0 aromatic carbocycles. The van der Waals surface area contributed by atoms with Gasteiger partial charge in [0.15, 0.2) is 14.6 Å². The lowest BCUT2D eigenvalue weighted by Crippen LogP contribution is -2.23. The van der Waals surface area contributed by atoms with E-state index in [2.05, 4.69) is 13.2 Å². The van der Waals surface area contributed by atoms with Crippen molar-refractivity contribution in [3.8, 4) is 6.07 Å². The quantitative estimate of drug-likeness (QED) is 0.684. The number of sulfone groups is 1. The Bertz CT molecular complexity index is 467. The Kier molecular flexibility index (Phi) is 2.87. The van der Waals surface area contributed by atoms with Gasteiger partial charge in [0.2, 0.25) is 0 Å². The Morgan fingerprint density at radius 1 is 1.67 bits per heavy atom. The summed E-state index contributed by atoms with van der Waals surface area (Å²) < 4.78 is 22.7. The van der Waals surface area contributed by atoms with E-state index in [1.165, 1.54) is 18.2 Å². The normalized spacial score (nSPS) is 29.7. The van der Waals surface area contributed by atoms with Crippen molar-refractivity contribution in [2.45, 2.75) is 18.1 Å². The Labute approximate surface area is 90.3 Å². The maximum atomic E-state index is 12.0. The number of rotatable bonds is 4. The highest BCUT2D eigenvalue weighted by Gasteiger charge is 2.62. The molecule has 15 heavy (non-hydrogen) atoms. The molecule has 0 amide bonds. The van der Waals surface area contributed by atoms with Crippen LogP contribution < -0.4 is 0 Å². The van der Waals surface area contributed by atoms with Crippen molar-refractivity contribution >= 4 is 9.84 Å². The van der Waals surface area contributed by atoms with E-state index in [9.17, 15) is 8.42 Å². The van der Waals surface area contributed by atoms with Crippen LogP contribution >= 0.6 is 0 Å². The Balaban J connectivity index is 3.06. The van der Waals surface area contributed by atoms with E-state index in [4.69, 9.17) is 5.26 Å². The lowest BCUT2D eigenvalue weighted by atomic mass is 10.4. The minimum atomic E-state index is -3.59. The molecule has 0 bridgehead atoms. The summed E-state index contributed by atoms with van der Waals surface area (Å²) >= 11 is 0. The summed E-state index contributed by atoms with van der Waals surface area (Å²) in [6.07, 6.45) is 4.73. The van der Waals surface area contributed by atoms with Gasteiger partial charge in [-0.05, 0) is 18.4 Å². The van der Waals surface area contributed by atoms with E-state index in [-0.39, 0.29) is 10.8 Å². The fourth-order valence-electron chi connectivity index (χ4n) is 1.49. The summed E-state index contributed by atoms with van der Waals surface area (Å²) in [6.45, 7) is 8.67. The Morgan fingerprint density at radius 3 is 2.53 bits per heavy atom. The predicted molar refractivity (Wildman–Crippen MR) is 59.5 cm³/mol. The van der Waals surface area contributed by atoms with Crippen LogP contribution in [-0.2, 0) is 9.84 Å². The van der Waals surface area contributed by atoms with E-state index < -0.39 is 14.6 Å². The van der Waals surface area contributed by atoms with Crippen LogP contribution in [0, 0.1) is 17.2 Å². The topological polar surface area (TPSA) is 57.9 Å². The Morgan fingerprint density at radius 2 is 2.20 bits per heavy atom. The van der Waals surface area contributed by atoms with Gasteiger partial charge in [0, 0.05) is 0 Å². The molecule has 80 valence electrons. The minimum absolute atomic E-state index is 0.0201. The predicted octanol–water partition coefficient (Wildman–Crippen LogP) is 1.96. The van der Waals surface area contributed by atoms with Gasteiger partial charge in [0.25, 0.3) is 0 Å². The second-order valence-corrected chi connectivity index (χ2v) is 5.93. The molecule has 1 aliphatic rings. The average Bonchev–Trinajstić information content (AvgIpc) is 2.87. The zero-order chi connectivity index (χ0) is 11.7. The average molecular weight is 223 g/mol. The molecule has 0 spiro atoms. The smallest absolute Gasteiger partial charge is 0.197 e. The van der Waals surface area contributed by atoms with Gasteiger partial charge in [0.05, 0.1) is 11.0 Å². The van der Waals surface area contributed by atoms with Crippen LogP contribution in [-0.4, -0.2) is 13.2 Å². The van der Waals surface area contributed by atoms with Crippen LogP contribution in [0.2, 0.25) is 0 Å². The van der Waals surface area contributed by atoms with Crippen LogP contribution in [0.15, 0.2) is 36.3 Å². The van der Waals surface area contributed by atoms with Crippen molar-refractivity contribution in [2.75, 3.05) is 0 Å². The third kappa shape index (κ3) is 1.64. The van der Waals surface area contributed by atoms with Gasteiger partial charge < -0.3 is 0 Å². The van der Waals surface area contributed by atoms with Crippen molar-refractivity contribution in [1.82, 2.24) is 0 Å². The third-order valence-electron chi connectivity index (χ3n) is 2.68. The molecule has 0 N–H and O–H groups in total. The van der Waals surface area contributed by atoms with E-state index in [0.29, 0.717) is 6.42 Å². The first-order chi connectivity index (χ1) is 6.92. The largest absolute Gasteiger partial charge is 0.222 e. The van der Waals surface area contributed by atoms with Gasteiger partial charge >= 0.3 is 0 Å². The number of nitrogens with zero attached hydrogens (tertiary/aromatic N) is 1. The van der Waals surface area contributed by atoms with Crippen molar-refractivity contribution in [3.05, 3.63) is 36.3 Å². The highest BCUT2D eigenvalue weighted by atomic mass is 32.2. The molecular formula is C11H13NO2S. The molecule has 3 nitrogen and oxygen atoms in total. The standard InChI is InChI=1S/C11H13NO2S/c1-4-5-6-10(3)15(13,14)11(8-12)7-9(11)2/h4-6,9H,1,3,7H2,2H3/b6-5-. The fraction of sp³-hybridized carbons (Fsp3) is 0.364. The van der Waals surface area contributed by atoms with Crippen molar-refractivity contribution in [2.24, 2.45) is 5.92 Å². The second kappa shape index (κ2) is 3.67. The molecule has 1 aliphatic carbocycles. The van der Waals surface area contributed by atoms with E-state index >= 15 is 0 Å². The maximum Gasteiger partial charge on any atom is 0.197 e. The molecule has 1 fully saturated rings. The lowest BCUT2D eigenvalue weighted by Gasteiger charge is -2.08. The van der Waals surface area contributed by atoms with Crippen LogP contribution in [0.4, 0.5) is 0 Å². The fourth-order valence-corrected chi connectivity index (χ4v) is 3.33. The molecule has 0 aromatic rings. The summed E-state index contributed by atoms with van der Waals surface area (Å²) in [5.74, 6) is -0.110. The van der Waals surface area contributed by atoms with E-state index in [1.807, 2.05) is 6.07 Å². The van der Waals surface area contributed by atoms with Gasteiger partial charge in [-0.1, -0.05) is 32.2 Å². The molecule has 0 aliphatic heterocycles. The van der Waals surface area contributed by atoms with Gasteiger partial charge in [-0.3, -0.25) is 0 Å². The van der Waals surface area contributed by atoms with Crippen molar-refractivity contribution in [1.29, 1.82) is 5.26 Å². The molecule has 4 heteroatoms. The molecule has 2 atom stereocenters. The summed E-state index contributed by atoms with van der Waals surface area (Å²) in [7, 11) is -3.59. The number of nitriles is 1. The van der Waals surface area contributed by atoms with Crippen molar-refractivity contribution in [3.63, 3.8) is 0 Å². The van der Waals surface area contributed by atoms with Gasteiger partial charge in [-0.2, -0.15) is 5.26 Å². The lowest BCUT2D eigenvalue weighted by molar-refractivity contribution is 0.592. The number of allylic oxidation sites excluding steroid dienone is 3. The molecule has 0 saturated heterocycles. The zero-order valence-corrected chi connectivity index (χ0v) is 9.42. The van der Waals surface area contributed by atoms with Crippen LogP contribution in [0.5, 0.6) is 0 Å². The SMILES string of the molecule is C=C/C=C\C(=C)S(=O)(=O)C1(C#N)CC1C. The molecule has 1 rings (SSSR count). The number of hydrogen-bond donors (Lipinski definition) is 0. The maximum absolute atomic E-state index is 12.0. The summed E-state index contributed by atoms with van der Waals surface area (Å²) in [5.41, 5.74) is 0. The van der Waals surface area contributed by atoms with Gasteiger partial charge in [-0.25, -0.2) is 8.42 Å². The highest BCUT2D eigenvalue weighted by Crippen LogP contribution is 2.51. The molecule has 1 saturated carbocycles. The third-order valence-corrected chi connectivity index (χ3v) is 5.12. The molecule has 2 unspecified atom stereocenters. The molecule has 0 radical (unpaired) electrons. The zero-order valence-electron chi connectivity index (χ0n) is 8.60. The van der Waals surface area contributed by atoms with E-state index in [0.717, 1.165) is 0 Å². The van der Waals surface area contributed by atoms with Crippen LogP contribution in [0.25, 0.3) is 0 Å². The highest BCUT2D eigenvalue weighted by molar-refractivity contribution is 7.97. The summed E-state index contributed by atoms with van der Waals surface area (Å²) in [4.78, 5) is -0.0201. The molecular weight excluding hydrogens is 210 g/mol. The summed E-state index contributed by atoms with van der Waals surface area (Å²) in [5, 5.41) is 8.92. The minimum Gasteiger partial charge on any atom is -0.222 e. The first-order valence-electron chi connectivity index (χ1n) is 4.56. The first-order valence-corrected chi connectivity index (χ1v) is 6.04. The van der Waals surface area contributed by atoms with Gasteiger partial charge in [-0.15, -0.1) is 0 Å². The van der Waals surface area contributed by atoms with Gasteiger partial charge in [0.1, 0.15) is 0 Å². The molecule has 0 aromatic heterocycles. The number of hydrogen-bond acceptors (Lipinski definition) is 3. The second-order valence-electron chi connectivity index (χ2n) is 3.67. The van der Waals surface area contributed by atoms with Crippen molar-refractivity contribution < 1.29 is 8.42 Å². The first kappa shape index (κ1) is 11.7. The monoisotopic (exact) mass is 223 g/mol. The van der Waals surface area contributed by atoms with Crippen LogP contribution in [0.3, 0.4) is 0 Å². The summed E-state index contributed by atoms with van der Waals surface area (Å²) in [6, 6.07) is 1.89.